The minimum atomic E-state index is -0.178. The molecule has 0 aliphatic carbocycles. The predicted molar refractivity (Wildman–Crippen MR) is 134 cm³/mol. The van der Waals surface area contributed by atoms with E-state index in [2.05, 4.69) is 0 Å². The van der Waals surface area contributed by atoms with Crippen LogP contribution in [0.15, 0.2) is 24.3 Å². The van der Waals surface area contributed by atoms with Gasteiger partial charge in [0.15, 0.2) is 0 Å². The van der Waals surface area contributed by atoms with Gasteiger partial charge in [-0.05, 0) is 45.9 Å². The van der Waals surface area contributed by atoms with Crippen molar-refractivity contribution in [3.63, 3.8) is 0 Å². The van der Waals surface area contributed by atoms with E-state index in [1.807, 2.05) is 83.1 Å². The van der Waals surface area contributed by atoms with Gasteiger partial charge in [-0.25, -0.2) is 0 Å². The quantitative estimate of drug-likeness (QED) is 0.319. The van der Waals surface area contributed by atoms with Crippen molar-refractivity contribution < 1.29 is 20.4 Å². The molecule has 2 aromatic rings. The van der Waals surface area contributed by atoms with Gasteiger partial charge in [0.1, 0.15) is 23.0 Å². The van der Waals surface area contributed by atoms with Crippen LogP contribution in [0.1, 0.15) is 105 Å². The molecule has 0 aliphatic rings. The van der Waals surface area contributed by atoms with Crippen molar-refractivity contribution in [3.8, 4) is 23.0 Å². The average Bonchev–Trinajstić information content (AvgIpc) is 2.55. The Morgan fingerprint density at radius 3 is 0.875 bits per heavy atom. The summed E-state index contributed by atoms with van der Waals surface area (Å²) in [6, 6.07) is 6.64. The third-order valence-electron chi connectivity index (χ3n) is 5.44. The fourth-order valence-electron chi connectivity index (χ4n) is 3.54. The van der Waals surface area contributed by atoms with Gasteiger partial charge in [-0.15, -0.1) is 0 Å². The molecule has 32 heavy (non-hydrogen) atoms. The molecule has 0 heterocycles. The highest BCUT2D eigenvalue weighted by Crippen LogP contribution is 2.41. The Labute approximate surface area is 195 Å². The molecule has 180 valence electrons. The van der Waals surface area contributed by atoms with Crippen molar-refractivity contribution in [2.45, 2.75) is 105 Å². The van der Waals surface area contributed by atoms with E-state index in [4.69, 9.17) is 0 Å². The highest BCUT2D eigenvalue weighted by atomic mass is 16.3. The number of phenolic OH excluding ortho intramolecular Hbond substituents is 4. The Bertz CT molecular complexity index is 869. The highest BCUT2D eigenvalue weighted by molar-refractivity contribution is 5.52. The largest absolute Gasteiger partial charge is 0.508 e. The van der Waals surface area contributed by atoms with Gasteiger partial charge in [-0.3, -0.25) is 0 Å². The summed E-state index contributed by atoms with van der Waals surface area (Å²) in [5.41, 5.74) is 2.44. The third kappa shape index (κ3) is 6.82. The van der Waals surface area contributed by atoms with Gasteiger partial charge in [0.2, 0.25) is 0 Å². The lowest BCUT2D eigenvalue weighted by atomic mass is 9.79. The molecule has 4 nitrogen and oxygen atoms in total. The second kappa shape index (κ2) is 8.88. The molecule has 4 N–H and O–H groups in total. The van der Waals surface area contributed by atoms with Crippen LogP contribution in [0.3, 0.4) is 0 Å². The van der Waals surface area contributed by atoms with Crippen molar-refractivity contribution in [3.05, 3.63) is 46.5 Å². The summed E-state index contributed by atoms with van der Waals surface area (Å²) in [6.07, 6.45) is 0. The van der Waals surface area contributed by atoms with Crippen molar-refractivity contribution in [2.24, 2.45) is 0 Å². The molecule has 0 radical (unpaired) electrons. The molecule has 0 aliphatic heterocycles. The fourth-order valence-corrected chi connectivity index (χ4v) is 3.54. The molecular formula is C28H44O4. The smallest absolute Gasteiger partial charge is 0.123 e. The average molecular weight is 445 g/mol. The van der Waals surface area contributed by atoms with E-state index in [1.165, 1.54) is 0 Å². The molecule has 0 saturated heterocycles. The SMILES string of the molecule is CC(C)(C)c1cc(O)c(C(C)(C)C)cc1O.CC(C)(C)c1cc(O)cc(C(C)(C)C)c1O. The number of hydrogen-bond donors (Lipinski definition) is 4. The monoisotopic (exact) mass is 444 g/mol. The van der Waals surface area contributed by atoms with E-state index >= 15 is 0 Å². The highest BCUT2D eigenvalue weighted by Gasteiger charge is 2.27. The van der Waals surface area contributed by atoms with Gasteiger partial charge in [-0.2, -0.15) is 0 Å². The van der Waals surface area contributed by atoms with Crippen LogP contribution in [0.4, 0.5) is 0 Å². The van der Waals surface area contributed by atoms with E-state index in [1.54, 1.807) is 24.3 Å². The van der Waals surface area contributed by atoms with Crippen LogP contribution in [0.2, 0.25) is 0 Å². The van der Waals surface area contributed by atoms with E-state index in [-0.39, 0.29) is 38.9 Å². The summed E-state index contributed by atoms with van der Waals surface area (Å²) >= 11 is 0. The lowest BCUT2D eigenvalue weighted by Crippen LogP contribution is -2.16. The van der Waals surface area contributed by atoms with Gasteiger partial charge in [0.05, 0.1) is 0 Å². The number of benzene rings is 2. The van der Waals surface area contributed by atoms with Gasteiger partial charge < -0.3 is 20.4 Å². The first-order valence-electron chi connectivity index (χ1n) is 11.2. The zero-order chi connectivity index (χ0) is 25.4. The molecule has 0 fully saturated rings. The first-order valence-corrected chi connectivity index (χ1v) is 11.2. The van der Waals surface area contributed by atoms with Crippen LogP contribution < -0.4 is 0 Å². The number of rotatable bonds is 0. The second-order valence-corrected chi connectivity index (χ2v) is 12.8. The van der Waals surface area contributed by atoms with Crippen molar-refractivity contribution in [2.75, 3.05) is 0 Å². The summed E-state index contributed by atoms with van der Waals surface area (Å²) in [6.45, 7) is 24.2. The molecule has 0 amide bonds. The summed E-state index contributed by atoms with van der Waals surface area (Å²) in [5, 5.41) is 40.0. The maximum atomic E-state index is 10.3. The fraction of sp³-hybridized carbons (Fsp3) is 0.571. The van der Waals surface area contributed by atoms with Crippen molar-refractivity contribution in [1.29, 1.82) is 0 Å². The Kier molecular flexibility index (Phi) is 7.68. The lowest BCUT2D eigenvalue weighted by Gasteiger charge is -2.27. The summed E-state index contributed by atoms with van der Waals surface area (Å²) in [5.74, 6) is 1.04. The number of hydrogen-bond acceptors (Lipinski definition) is 4. The van der Waals surface area contributed by atoms with Crippen LogP contribution in [0, 0.1) is 0 Å². The number of aromatic hydroxyl groups is 4. The van der Waals surface area contributed by atoms with E-state index in [0.717, 1.165) is 22.3 Å². The van der Waals surface area contributed by atoms with Crippen LogP contribution in [0.5, 0.6) is 23.0 Å². The molecule has 4 heteroatoms. The molecule has 0 atom stereocenters. The Morgan fingerprint density at radius 1 is 0.406 bits per heavy atom. The first-order chi connectivity index (χ1) is 14.1. The van der Waals surface area contributed by atoms with Gasteiger partial charge >= 0.3 is 0 Å². The minimum absolute atomic E-state index is 0.169. The normalized spacial score (nSPS) is 12.9. The second-order valence-electron chi connectivity index (χ2n) is 12.8. The molecule has 0 saturated carbocycles. The zero-order valence-corrected chi connectivity index (χ0v) is 22.1. The molecule has 2 aromatic carbocycles. The summed E-state index contributed by atoms with van der Waals surface area (Å²) in [7, 11) is 0. The Hall–Kier alpha value is -2.36. The van der Waals surface area contributed by atoms with Crippen LogP contribution in [-0.4, -0.2) is 20.4 Å². The number of phenols is 4. The van der Waals surface area contributed by atoms with Gasteiger partial charge in [0, 0.05) is 22.3 Å². The Balaban J connectivity index is 0.000000320. The summed E-state index contributed by atoms with van der Waals surface area (Å²) in [4.78, 5) is 0. The van der Waals surface area contributed by atoms with Crippen molar-refractivity contribution >= 4 is 0 Å². The zero-order valence-electron chi connectivity index (χ0n) is 22.1. The maximum absolute atomic E-state index is 10.3. The van der Waals surface area contributed by atoms with Crippen LogP contribution in [-0.2, 0) is 21.7 Å². The van der Waals surface area contributed by atoms with Gasteiger partial charge in [0.25, 0.3) is 0 Å². The van der Waals surface area contributed by atoms with Crippen LogP contribution in [0.25, 0.3) is 0 Å². The molecule has 0 aromatic heterocycles. The Morgan fingerprint density at radius 2 is 0.656 bits per heavy atom. The maximum Gasteiger partial charge on any atom is 0.123 e. The van der Waals surface area contributed by atoms with Gasteiger partial charge in [-0.1, -0.05) is 83.1 Å². The molecule has 2 rings (SSSR count). The minimum Gasteiger partial charge on any atom is -0.508 e. The molecule has 0 spiro atoms. The summed E-state index contributed by atoms with van der Waals surface area (Å²) < 4.78 is 0. The molecule has 0 bridgehead atoms. The topological polar surface area (TPSA) is 80.9 Å². The van der Waals surface area contributed by atoms with E-state index in [9.17, 15) is 20.4 Å². The van der Waals surface area contributed by atoms with Crippen molar-refractivity contribution in [1.82, 2.24) is 0 Å². The lowest BCUT2D eigenvalue weighted by molar-refractivity contribution is 0.413. The van der Waals surface area contributed by atoms with Crippen LogP contribution >= 0.6 is 0 Å². The third-order valence-corrected chi connectivity index (χ3v) is 5.44. The standard InChI is InChI=1S/2C14H22O2/c1-13(2,3)9-7-12(16)10(8-11(9)15)14(4,5)6;1-13(2,3)10-7-9(15)8-11(12(10)16)14(4,5)6/h2*7-8,15-16H,1-6H3. The molecule has 0 unspecified atom stereocenters. The van der Waals surface area contributed by atoms with E-state index in [0.29, 0.717) is 5.75 Å². The predicted octanol–water partition coefficient (Wildman–Crippen LogP) is 7.39. The first kappa shape index (κ1) is 27.7. The molecular weight excluding hydrogens is 400 g/mol. The van der Waals surface area contributed by atoms with E-state index < -0.39 is 0 Å².